The lowest BCUT2D eigenvalue weighted by atomic mass is 9.72. The molecular formula is C27H39F3N2O3. The SMILES string of the molecule is CC1(C)CC(=O)C2=C(C1)N(C1CCCCCC1)C(=O)[C@@]2(NC(=O)CCC1CCCCC1)C(F)(F)F. The summed E-state index contributed by atoms with van der Waals surface area (Å²) in [5.41, 5.74) is -4.16. The van der Waals surface area contributed by atoms with Gasteiger partial charge in [0.05, 0.1) is 5.57 Å². The quantitative estimate of drug-likeness (QED) is 0.477. The normalized spacial score (nSPS) is 28.8. The first-order chi connectivity index (χ1) is 16.5. The molecule has 5 nitrogen and oxygen atoms in total. The fraction of sp³-hybridized carbons (Fsp3) is 0.815. The Hall–Kier alpha value is -1.86. The Bertz CT molecular complexity index is 881. The van der Waals surface area contributed by atoms with E-state index in [0.717, 1.165) is 57.8 Å². The summed E-state index contributed by atoms with van der Waals surface area (Å²) in [6, 6.07) is -0.375. The van der Waals surface area contributed by atoms with Crippen molar-refractivity contribution in [1.82, 2.24) is 10.2 Å². The third-order valence-electron chi connectivity index (χ3n) is 8.50. The van der Waals surface area contributed by atoms with Crippen LogP contribution in [0.15, 0.2) is 11.3 Å². The van der Waals surface area contributed by atoms with Crippen LogP contribution in [0.25, 0.3) is 0 Å². The van der Waals surface area contributed by atoms with Crippen molar-refractivity contribution >= 4 is 17.6 Å². The standard InChI is InChI=1S/C27H39F3N2O3/c1-25(2)16-20-23(21(33)17-25)26(27(28,29)30,24(35)32(20)19-12-8-3-4-9-13-19)31-22(34)15-14-18-10-6-5-7-11-18/h18-19H,3-17H2,1-2H3,(H,31,34)/t26-/m1/s1. The van der Waals surface area contributed by atoms with Gasteiger partial charge in [0.25, 0.3) is 5.91 Å². The van der Waals surface area contributed by atoms with E-state index >= 15 is 0 Å². The lowest BCUT2D eigenvalue weighted by Crippen LogP contribution is -2.66. The molecule has 2 amide bonds. The lowest BCUT2D eigenvalue weighted by molar-refractivity contribution is -0.195. The fourth-order valence-electron chi connectivity index (χ4n) is 6.76. The first kappa shape index (κ1) is 26.2. The van der Waals surface area contributed by atoms with Gasteiger partial charge in [-0.2, -0.15) is 13.2 Å². The van der Waals surface area contributed by atoms with Gasteiger partial charge in [-0.3, -0.25) is 14.4 Å². The molecule has 0 aromatic rings. The lowest BCUT2D eigenvalue weighted by Gasteiger charge is -2.36. The number of carbonyl (C=O) groups excluding carboxylic acids is 3. The van der Waals surface area contributed by atoms with E-state index in [-0.39, 0.29) is 31.0 Å². The van der Waals surface area contributed by atoms with E-state index in [2.05, 4.69) is 5.32 Å². The second-order valence-corrected chi connectivity index (χ2v) is 11.9. The number of hydrogen-bond donors (Lipinski definition) is 1. The van der Waals surface area contributed by atoms with Gasteiger partial charge in [-0.05, 0) is 37.0 Å². The molecule has 0 bridgehead atoms. The Morgan fingerprint density at radius 1 is 0.943 bits per heavy atom. The summed E-state index contributed by atoms with van der Waals surface area (Å²) >= 11 is 0. The number of allylic oxidation sites excluding steroid dienone is 1. The van der Waals surface area contributed by atoms with Gasteiger partial charge in [0.2, 0.25) is 11.4 Å². The van der Waals surface area contributed by atoms with Crippen molar-refractivity contribution in [2.75, 3.05) is 0 Å². The molecule has 1 N–H and O–H groups in total. The number of carbonyl (C=O) groups is 3. The molecule has 4 rings (SSSR count). The number of nitrogens with zero attached hydrogens (tertiary/aromatic N) is 1. The van der Waals surface area contributed by atoms with Gasteiger partial charge in [-0.1, -0.05) is 71.6 Å². The van der Waals surface area contributed by atoms with E-state index < -0.39 is 40.3 Å². The van der Waals surface area contributed by atoms with Crippen LogP contribution in [0.4, 0.5) is 13.2 Å². The van der Waals surface area contributed by atoms with Crippen molar-refractivity contribution in [3.63, 3.8) is 0 Å². The number of hydrogen-bond acceptors (Lipinski definition) is 3. The molecule has 3 aliphatic carbocycles. The van der Waals surface area contributed by atoms with Gasteiger partial charge < -0.3 is 10.2 Å². The summed E-state index contributed by atoms with van der Waals surface area (Å²) in [5, 5.41) is 2.13. The minimum Gasteiger partial charge on any atom is -0.330 e. The Labute approximate surface area is 206 Å². The fourth-order valence-corrected chi connectivity index (χ4v) is 6.76. The van der Waals surface area contributed by atoms with Crippen molar-refractivity contribution in [2.45, 2.75) is 128 Å². The highest BCUT2D eigenvalue weighted by Gasteiger charge is 2.72. The molecule has 4 aliphatic rings. The molecule has 0 radical (unpaired) electrons. The Morgan fingerprint density at radius 3 is 2.11 bits per heavy atom. The maximum absolute atomic E-state index is 14.9. The van der Waals surface area contributed by atoms with Crippen LogP contribution in [0.3, 0.4) is 0 Å². The number of Topliss-reactive ketones (excluding diaryl/α,β-unsaturated/α-hetero) is 1. The number of ketones is 1. The van der Waals surface area contributed by atoms with Crippen LogP contribution in [0.5, 0.6) is 0 Å². The van der Waals surface area contributed by atoms with Crippen LogP contribution in [0, 0.1) is 11.3 Å². The van der Waals surface area contributed by atoms with E-state index in [9.17, 15) is 27.6 Å². The Balaban J connectivity index is 1.70. The van der Waals surface area contributed by atoms with E-state index in [4.69, 9.17) is 0 Å². The third-order valence-corrected chi connectivity index (χ3v) is 8.50. The molecule has 2 saturated carbocycles. The van der Waals surface area contributed by atoms with Crippen molar-refractivity contribution in [3.8, 4) is 0 Å². The zero-order valence-corrected chi connectivity index (χ0v) is 21.1. The largest absolute Gasteiger partial charge is 0.425 e. The van der Waals surface area contributed by atoms with Gasteiger partial charge in [0.15, 0.2) is 5.78 Å². The summed E-state index contributed by atoms with van der Waals surface area (Å²) < 4.78 is 44.8. The van der Waals surface area contributed by atoms with Crippen LogP contribution in [0.1, 0.15) is 110 Å². The molecule has 2 fully saturated rings. The van der Waals surface area contributed by atoms with Gasteiger partial charge in [0, 0.05) is 24.6 Å². The average molecular weight is 497 g/mol. The number of alkyl halides is 3. The minimum atomic E-state index is -5.11. The molecule has 1 heterocycles. The zero-order chi connectivity index (χ0) is 25.4. The second-order valence-electron chi connectivity index (χ2n) is 11.9. The smallest absolute Gasteiger partial charge is 0.330 e. The van der Waals surface area contributed by atoms with Gasteiger partial charge in [-0.25, -0.2) is 0 Å². The van der Waals surface area contributed by atoms with E-state index in [0.29, 0.717) is 25.2 Å². The highest BCUT2D eigenvalue weighted by molar-refractivity contribution is 6.13. The van der Waals surface area contributed by atoms with Crippen LogP contribution in [0.2, 0.25) is 0 Å². The van der Waals surface area contributed by atoms with Gasteiger partial charge >= 0.3 is 6.18 Å². The molecular weight excluding hydrogens is 457 g/mol. The summed E-state index contributed by atoms with van der Waals surface area (Å²) in [7, 11) is 0. The first-order valence-corrected chi connectivity index (χ1v) is 13.4. The topological polar surface area (TPSA) is 66.5 Å². The number of nitrogens with one attached hydrogen (secondary N) is 1. The average Bonchev–Trinajstić information content (AvgIpc) is 2.92. The highest BCUT2D eigenvalue weighted by atomic mass is 19.4. The molecule has 0 unspecified atom stereocenters. The van der Waals surface area contributed by atoms with Crippen molar-refractivity contribution < 1.29 is 27.6 Å². The summed E-state index contributed by atoms with van der Waals surface area (Å²) in [6.07, 6.45) is 5.60. The number of rotatable bonds is 5. The maximum atomic E-state index is 14.9. The van der Waals surface area contributed by atoms with Crippen molar-refractivity contribution in [2.24, 2.45) is 11.3 Å². The molecule has 8 heteroatoms. The molecule has 0 aromatic carbocycles. The summed E-state index contributed by atoms with van der Waals surface area (Å²) in [5.74, 6) is -2.33. The maximum Gasteiger partial charge on any atom is 0.425 e. The predicted molar refractivity (Wildman–Crippen MR) is 126 cm³/mol. The van der Waals surface area contributed by atoms with Crippen LogP contribution < -0.4 is 5.32 Å². The molecule has 0 aromatic heterocycles. The number of amides is 2. The van der Waals surface area contributed by atoms with Crippen LogP contribution in [-0.2, 0) is 14.4 Å². The molecule has 1 atom stereocenters. The van der Waals surface area contributed by atoms with E-state index in [1.807, 2.05) is 13.8 Å². The van der Waals surface area contributed by atoms with Crippen molar-refractivity contribution in [1.29, 1.82) is 0 Å². The third kappa shape index (κ3) is 5.04. The molecule has 196 valence electrons. The second kappa shape index (κ2) is 9.89. The molecule has 1 aliphatic heterocycles. The monoisotopic (exact) mass is 496 g/mol. The molecule has 0 saturated heterocycles. The highest BCUT2D eigenvalue weighted by Crippen LogP contribution is 2.53. The number of halogens is 3. The van der Waals surface area contributed by atoms with E-state index in [1.54, 1.807) is 0 Å². The summed E-state index contributed by atoms with van der Waals surface area (Å²) in [6.45, 7) is 3.70. The minimum absolute atomic E-state index is 0.0680. The van der Waals surface area contributed by atoms with Crippen molar-refractivity contribution in [3.05, 3.63) is 11.3 Å². The van der Waals surface area contributed by atoms with E-state index in [1.165, 1.54) is 4.90 Å². The van der Waals surface area contributed by atoms with Crippen LogP contribution in [-0.4, -0.2) is 40.3 Å². The first-order valence-electron chi connectivity index (χ1n) is 13.4. The Kier molecular flexibility index (Phi) is 7.41. The Morgan fingerprint density at radius 2 is 1.51 bits per heavy atom. The summed E-state index contributed by atoms with van der Waals surface area (Å²) in [4.78, 5) is 41.4. The van der Waals surface area contributed by atoms with Gasteiger partial charge in [0.1, 0.15) is 0 Å². The predicted octanol–water partition coefficient (Wildman–Crippen LogP) is 5.97. The zero-order valence-electron chi connectivity index (χ0n) is 21.1. The molecule has 35 heavy (non-hydrogen) atoms. The molecule has 0 spiro atoms. The van der Waals surface area contributed by atoms with Crippen LogP contribution >= 0.6 is 0 Å². The van der Waals surface area contributed by atoms with Gasteiger partial charge in [-0.15, -0.1) is 0 Å².